The minimum absolute atomic E-state index is 0.229. The topological polar surface area (TPSA) is 86.6 Å². The molecule has 2 rings (SSSR count). The third-order valence-electron chi connectivity index (χ3n) is 4.22. The zero-order chi connectivity index (χ0) is 15.6. The molecule has 1 aromatic carbocycles. The molecule has 1 aliphatic carbocycles. The molecule has 6 heteroatoms. The van der Waals surface area contributed by atoms with Crippen LogP contribution in [0.25, 0.3) is 0 Å². The van der Waals surface area contributed by atoms with Crippen LogP contribution in [0.3, 0.4) is 0 Å². The zero-order valence-electron chi connectivity index (χ0n) is 11.7. The Morgan fingerprint density at radius 1 is 1.38 bits per heavy atom. The summed E-state index contributed by atoms with van der Waals surface area (Å²) in [6.07, 6.45) is 2.65. The van der Waals surface area contributed by atoms with Gasteiger partial charge in [0, 0.05) is 6.07 Å². The first kappa shape index (κ1) is 15.3. The molecule has 0 spiro atoms. The molecule has 1 aromatic rings. The van der Waals surface area contributed by atoms with E-state index in [1.807, 2.05) is 0 Å². The predicted molar refractivity (Wildman–Crippen MR) is 73.5 cm³/mol. The number of phenolic OH excluding ortho intramolecular Hbond substituents is 1. The molecule has 0 saturated heterocycles. The predicted octanol–water partition coefficient (Wildman–Crippen LogP) is 2.29. The number of phenols is 1. The summed E-state index contributed by atoms with van der Waals surface area (Å²) in [6.45, 7) is 1.78. The van der Waals surface area contributed by atoms with Crippen LogP contribution in [0.5, 0.6) is 5.75 Å². The Morgan fingerprint density at radius 3 is 2.67 bits per heavy atom. The van der Waals surface area contributed by atoms with Crippen LogP contribution in [0.15, 0.2) is 18.2 Å². The standard InChI is InChI=1S/C15H18FNO4/c1-9-4-2-3-7-15(9,14(20)21)17-13(19)11-6-5-10(18)8-12(11)16/h5-6,8-9,18H,2-4,7H2,1H3,(H,17,19)(H,20,21). The van der Waals surface area contributed by atoms with Crippen LogP contribution in [0.4, 0.5) is 4.39 Å². The molecule has 21 heavy (non-hydrogen) atoms. The second-order valence-electron chi connectivity index (χ2n) is 5.54. The third-order valence-corrected chi connectivity index (χ3v) is 4.22. The van der Waals surface area contributed by atoms with Crippen LogP contribution >= 0.6 is 0 Å². The van der Waals surface area contributed by atoms with Gasteiger partial charge in [-0.15, -0.1) is 0 Å². The molecule has 0 radical (unpaired) electrons. The summed E-state index contributed by atoms with van der Waals surface area (Å²) in [5.74, 6) is -3.27. The highest BCUT2D eigenvalue weighted by atomic mass is 19.1. The lowest BCUT2D eigenvalue weighted by molar-refractivity contribution is -0.148. The van der Waals surface area contributed by atoms with Gasteiger partial charge in [-0.1, -0.05) is 19.8 Å². The number of aliphatic carboxylic acids is 1. The second-order valence-corrected chi connectivity index (χ2v) is 5.54. The van der Waals surface area contributed by atoms with Gasteiger partial charge in [0.2, 0.25) is 0 Å². The first-order valence-corrected chi connectivity index (χ1v) is 6.91. The monoisotopic (exact) mass is 295 g/mol. The summed E-state index contributed by atoms with van der Waals surface area (Å²) < 4.78 is 13.7. The molecule has 2 atom stereocenters. The average molecular weight is 295 g/mol. The fourth-order valence-corrected chi connectivity index (χ4v) is 2.86. The van der Waals surface area contributed by atoms with Gasteiger partial charge in [0.1, 0.15) is 17.1 Å². The van der Waals surface area contributed by atoms with E-state index in [1.54, 1.807) is 6.92 Å². The Morgan fingerprint density at radius 2 is 2.10 bits per heavy atom. The van der Waals surface area contributed by atoms with E-state index in [9.17, 15) is 19.1 Å². The number of carbonyl (C=O) groups excluding carboxylic acids is 1. The number of hydrogen-bond donors (Lipinski definition) is 3. The molecule has 3 N–H and O–H groups in total. The minimum Gasteiger partial charge on any atom is -0.508 e. The first-order valence-electron chi connectivity index (χ1n) is 6.91. The van der Waals surface area contributed by atoms with Crippen molar-refractivity contribution in [3.63, 3.8) is 0 Å². The van der Waals surface area contributed by atoms with Crippen molar-refractivity contribution in [1.82, 2.24) is 5.32 Å². The second kappa shape index (κ2) is 5.71. The molecular weight excluding hydrogens is 277 g/mol. The molecule has 0 heterocycles. The molecule has 0 aromatic heterocycles. The molecule has 1 aliphatic rings. The number of carboxylic acid groups (broad SMARTS) is 1. The molecule has 114 valence electrons. The summed E-state index contributed by atoms with van der Waals surface area (Å²) in [5.41, 5.74) is -1.63. The maximum atomic E-state index is 13.7. The van der Waals surface area contributed by atoms with E-state index in [0.29, 0.717) is 19.3 Å². The molecule has 5 nitrogen and oxygen atoms in total. The number of hydrogen-bond acceptors (Lipinski definition) is 3. The number of nitrogens with one attached hydrogen (secondary N) is 1. The normalized spacial score (nSPS) is 25.3. The van der Waals surface area contributed by atoms with Crippen molar-refractivity contribution < 1.29 is 24.2 Å². The number of carboxylic acids is 1. The summed E-state index contributed by atoms with van der Waals surface area (Å²) in [6, 6.07) is 3.16. The highest BCUT2D eigenvalue weighted by molar-refractivity contribution is 5.98. The number of carbonyl (C=O) groups is 2. The van der Waals surface area contributed by atoms with E-state index in [4.69, 9.17) is 5.11 Å². The molecule has 0 bridgehead atoms. The van der Waals surface area contributed by atoms with Crippen LogP contribution in [0.2, 0.25) is 0 Å². The third kappa shape index (κ3) is 2.84. The van der Waals surface area contributed by atoms with Crippen LogP contribution in [-0.2, 0) is 4.79 Å². The molecule has 1 fully saturated rings. The largest absolute Gasteiger partial charge is 0.508 e. The van der Waals surface area contributed by atoms with Crippen molar-refractivity contribution in [3.8, 4) is 5.75 Å². The molecule has 2 unspecified atom stereocenters. The van der Waals surface area contributed by atoms with E-state index in [-0.39, 0.29) is 17.2 Å². The summed E-state index contributed by atoms with van der Waals surface area (Å²) >= 11 is 0. The van der Waals surface area contributed by atoms with Gasteiger partial charge in [0.25, 0.3) is 5.91 Å². The van der Waals surface area contributed by atoms with E-state index in [1.165, 1.54) is 6.07 Å². The van der Waals surface area contributed by atoms with Gasteiger partial charge in [0.05, 0.1) is 5.56 Å². The number of benzene rings is 1. The SMILES string of the molecule is CC1CCCCC1(NC(=O)c1ccc(O)cc1F)C(=O)O. The van der Waals surface area contributed by atoms with Crippen LogP contribution in [-0.4, -0.2) is 27.6 Å². The van der Waals surface area contributed by atoms with Gasteiger partial charge in [-0.05, 0) is 30.9 Å². The highest BCUT2D eigenvalue weighted by Crippen LogP contribution is 2.34. The Kier molecular flexibility index (Phi) is 4.16. The van der Waals surface area contributed by atoms with Crippen molar-refractivity contribution in [3.05, 3.63) is 29.6 Å². The Bertz CT molecular complexity index is 575. The van der Waals surface area contributed by atoms with Gasteiger partial charge in [-0.2, -0.15) is 0 Å². The number of amides is 1. The quantitative estimate of drug-likeness (QED) is 0.798. The van der Waals surface area contributed by atoms with Gasteiger partial charge < -0.3 is 15.5 Å². The lowest BCUT2D eigenvalue weighted by Gasteiger charge is -2.39. The van der Waals surface area contributed by atoms with Gasteiger partial charge >= 0.3 is 5.97 Å². The smallest absolute Gasteiger partial charge is 0.329 e. The number of rotatable bonds is 3. The van der Waals surface area contributed by atoms with Crippen LogP contribution in [0, 0.1) is 11.7 Å². The maximum absolute atomic E-state index is 13.7. The fraction of sp³-hybridized carbons (Fsp3) is 0.467. The average Bonchev–Trinajstić information content (AvgIpc) is 2.41. The van der Waals surface area contributed by atoms with Crippen LogP contribution < -0.4 is 5.32 Å². The van der Waals surface area contributed by atoms with Gasteiger partial charge in [-0.25, -0.2) is 9.18 Å². The van der Waals surface area contributed by atoms with Crippen LogP contribution in [0.1, 0.15) is 43.0 Å². The van der Waals surface area contributed by atoms with Crippen molar-refractivity contribution in [2.75, 3.05) is 0 Å². The van der Waals surface area contributed by atoms with E-state index in [2.05, 4.69) is 5.32 Å². The van der Waals surface area contributed by atoms with Crippen molar-refractivity contribution in [1.29, 1.82) is 0 Å². The number of halogens is 1. The fourth-order valence-electron chi connectivity index (χ4n) is 2.86. The van der Waals surface area contributed by atoms with E-state index in [0.717, 1.165) is 18.6 Å². The maximum Gasteiger partial charge on any atom is 0.329 e. The van der Waals surface area contributed by atoms with Gasteiger partial charge in [0.15, 0.2) is 0 Å². The zero-order valence-corrected chi connectivity index (χ0v) is 11.7. The lowest BCUT2D eigenvalue weighted by atomic mass is 9.73. The number of aromatic hydroxyl groups is 1. The van der Waals surface area contributed by atoms with Crippen molar-refractivity contribution in [2.45, 2.75) is 38.1 Å². The Balaban J connectivity index is 2.28. The minimum atomic E-state index is -1.36. The molecule has 1 amide bonds. The lowest BCUT2D eigenvalue weighted by Crippen LogP contribution is -2.60. The van der Waals surface area contributed by atoms with E-state index < -0.39 is 23.2 Å². The molecular formula is C15H18FNO4. The van der Waals surface area contributed by atoms with Gasteiger partial charge in [-0.3, -0.25) is 4.79 Å². The van der Waals surface area contributed by atoms with E-state index >= 15 is 0 Å². The first-order chi connectivity index (χ1) is 9.86. The Hall–Kier alpha value is -2.11. The Labute approximate surface area is 121 Å². The molecule has 1 saturated carbocycles. The van der Waals surface area contributed by atoms with Crippen molar-refractivity contribution >= 4 is 11.9 Å². The summed E-state index contributed by atoms with van der Waals surface area (Å²) in [5, 5.41) is 21.2. The van der Waals surface area contributed by atoms with Crippen molar-refractivity contribution in [2.24, 2.45) is 5.92 Å². The summed E-state index contributed by atoms with van der Waals surface area (Å²) in [7, 11) is 0. The summed E-state index contributed by atoms with van der Waals surface area (Å²) in [4.78, 5) is 23.8. The highest BCUT2D eigenvalue weighted by Gasteiger charge is 2.46. The molecule has 0 aliphatic heterocycles.